The molecule has 0 unspecified atom stereocenters. The maximum Gasteiger partial charge on any atom is 0.134 e. The zero-order valence-electron chi connectivity index (χ0n) is 5.12. The van der Waals surface area contributed by atoms with E-state index in [1.54, 1.807) is 11.6 Å². The summed E-state index contributed by atoms with van der Waals surface area (Å²) in [5, 5.41) is 0.945. The van der Waals surface area contributed by atoms with Crippen LogP contribution in [-0.2, 0) is 0 Å². The number of allylic oxidation sites excluding steroid dienone is 2. The van der Waals surface area contributed by atoms with Crippen molar-refractivity contribution in [3.05, 3.63) is 24.4 Å². The van der Waals surface area contributed by atoms with Crippen LogP contribution in [0.1, 0.15) is 0 Å². The number of hydrogen-bond acceptors (Lipinski definition) is 3. The van der Waals surface area contributed by atoms with Crippen molar-refractivity contribution >= 4 is 45.2 Å². The van der Waals surface area contributed by atoms with E-state index in [1.165, 1.54) is 11.8 Å². The Balaban J connectivity index is 2.86. The summed E-state index contributed by atoms with van der Waals surface area (Å²) in [6.45, 7) is 3.58. The van der Waals surface area contributed by atoms with Crippen molar-refractivity contribution in [1.82, 2.24) is 0 Å². The fourth-order valence-electron chi connectivity index (χ4n) is 0.538. The molecule has 0 fully saturated rings. The van der Waals surface area contributed by atoms with E-state index in [-0.39, 0.29) is 0 Å². The van der Waals surface area contributed by atoms with Crippen molar-refractivity contribution in [2.45, 2.75) is 0 Å². The van der Waals surface area contributed by atoms with Crippen molar-refractivity contribution < 1.29 is 0 Å². The zero-order valence-corrected chi connectivity index (χ0v) is 8.09. The largest absolute Gasteiger partial charge is 0.247 e. The summed E-state index contributed by atoms with van der Waals surface area (Å²) < 4.78 is 4.00. The van der Waals surface area contributed by atoms with Gasteiger partial charge in [-0.05, 0) is 6.08 Å². The molecular formula is C6H5IN2S. The molecule has 0 saturated carbocycles. The van der Waals surface area contributed by atoms with Gasteiger partial charge in [-0.3, -0.25) is 0 Å². The van der Waals surface area contributed by atoms with Crippen LogP contribution in [0.15, 0.2) is 32.6 Å². The Morgan fingerprint density at radius 3 is 3.20 bits per heavy atom. The molecule has 52 valence electrons. The van der Waals surface area contributed by atoms with E-state index >= 15 is 0 Å². The summed E-state index contributed by atoms with van der Waals surface area (Å²) in [6.07, 6.45) is 3.55. The predicted molar refractivity (Wildman–Crippen MR) is 55.8 cm³/mol. The molecule has 0 aromatic carbocycles. The van der Waals surface area contributed by atoms with Crippen molar-refractivity contribution in [3.63, 3.8) is 0 Å². The lowest BCUT2D eigenvalue weighted by atomic mass is 10.4. The lowest BCUT2D eigenvalue weighted by Gasteiger charge is -1.89. The average molecular weight is 264 g/mol. The van der Waals surface area contributed by atoms with Gasteiger partial charge in [-0.25, -0.2) is 8.20 Å². The minimum Gasteiger partial charge on any atom is -0.247 e. The maximum atomic E-state index is 4.07. The molecular weight excluding hydrogens is 259 g/mol. The summed E-state index contributed by atoms with van der Waals surface area (Å²) in [7, 11) is 0. The number of thioether (sulfide) groups is 1. The summed E-state index contributed by atoms with van der Waals surface area (Å²) in [5.74, 6) is 0. The highest BCUT2D eigenvalue weighted by atomic mass is 127. The SMILES string of the molecule is C=C/C=C1/N=CS/C1=N/I. The van der Waals surface area contributed by atoms with Crippen LogP contribution in [0.2, 0.25) is 0 Å². The first-order valence-corrected chi connectivity index (χ1v) is 4.44. The van der Waals surface area contributed by atoms with E-state index in [0.717, 1.165) is 10.7 Å². The quantitative estimate of drug-likeness (QED) is 0.668. The van der Waals surface area contributed by atoms with Gasteiger partial charge < -0.3 is 0 Å². The van der Waals surface area contributed by atoms with Gasteiger partial charge in [0.1, 0.15) is 5.04 Å². The minimum atomic E-state index is 0.898. The van der Waals surface area contributed by atoms with Crippen LogP contribution < -0.4 is 0 Å². The molecule has 1 aliphatic rings. The molecule has 0 atom stereocenters. The monoisotopic (exact) mass is 264 g/mol. The lowest BCUT2D eigenvalue weighted by Crippen LogP contribution is -1.85. The third-order valence-corrected chi connectivity index (χ3v) is 2.47. The summed E-state index contributed by atoms with van der Waals surface area (Å²) in [5.41, 5.74) is 2.67. The Hall–Kier alpha value is -0.100. The van der Waals surface area contributed by atoms with Crippen LogP contribution in [0.4, 0.5) is 0 Å². The molecule has 0 aromatic heterocycles. The number of aliphatic imine (C=N–C) groups is 1. The molecule has 0 N–H and O–H groups in total. The van der Waals surface area contributed by atoms with Gasteiger partial charge in [0.05, 0.1) is 34.1 Å². The Morgan fingerprint density at radius 2 is 2.60 bits per heavy atom. The van der Waals surface area contributed by atoms with Crippen molar-refractivity contribution in [2.75, 3.05) is 0 Å². The van der Waals surface area contributed by atoms with Crippen LogP contribution in [0, 0.1) is 0 Å². The Labute approximate surface area is 77.7 Å². The van der Waals surface area contributed by atoms with Crippen molar-refractivity contribution in [1.29, 1.82) is 0 Å². The second kappa shape index (κ2) is 3.92. The van der Waals surface area contributed by atoms with Crippen LogP contribution in [0.3, 0.4) is 0 Å². The van der Waals surface area contributed by atoms with E-state index in [2.05, 4.69) is 14.8 Å². The van der Waals surface area contributed by atoms with Gasteiger partial charge >= 0.3 is 0 Å². The highest BCUT2D eigenvalue weighted by molar-refractivity contribution is 14.1. The standard InChI is InChI=1S/C6H5IN2S/c1-2-3-5-6(9-7)10-4-8-5/h2-4H,1H2/b5-3+,9-6+. The third-order valence-electron chi connectivity index (χ3n) is 0.928. The second-order valence-electron chi connectivity index (χ2n) is 1.53. The highest BCUT2D eigenvalue weighted by Gasteiger charge is 2.09. The van der Waals surface area contributed by atoms with Gasteiger partial charge in [0.2, 0.25) is 0 Å². The van der Waals surface area contributed by atoms with Crippen LogP contribution in [-0.4, -0.2) is 10.6 Å². The number of hydrogen-bond donors (Lipinski definition) is 0. The van der Waals surface area contributed by atoms with Gasteiger partial charge in [-0.15, -0.1) is 0 Å². The summed E-state index contributed by atoms with van der Waals surface area (Å²) in [6, 6.07) is 0. The number of halogens is 1. The van der Waals surface area contributed by atoms with Gasteiger partial charge in [0, 0.05) is 0 Å². The molecule has 0 aliphatic carbocycles. The van der Waals surface area contributed by atoms with Crippen LogP contribution >= 0.6 is 34.6 Å². The lowest BCUT2D eigenvalue weighted by molar-refractivity contribution is 1.52. The first kappa shape index (κ1) is 8.00. The molecule has 2 nitrogen and oxygen atoms in total. The first-order chi connectivity index (χ1) is 4.88. The van der Waals surface area contributed by atoms with E-state index < -0.39 is 0 Å². The molecule has 0 spiro atoms. The molecule has 0 amide bonds. The van der Waals surface area contributed by atoms with E-state index in [9.17, 15) is 0 Å². The smallest absolute Gasteiger partial charge is 0.134 e. The van der Waals surface area contributed by atoms with Gasteiger partial charge in [0.15, 0.2) is 0 Å². The number of rotatable bonds is 1. The zero-order chi connectivity index (χ0) is 7.40. The molecule has 0 radical (unpaired) electrons. The normalized spacial score (nSPS) is 24.5. The average Bonchev–Trinajstić information content (AvgIpc) is 2.36. The van der Waals surface area contributed by atoms with E-state index in [0.29, 0.717) is 0 Å². The molecule has 1 heterocycles. The molecule has 10 heavy (non-hydrogen) atoms. The fraction of sp³-hybridized carbons (Fsp3) is 0. The minimum absolute atomic E-state index is 0.898. The molecule has 4 heteroatoms. The predicted octanol–water partition coefficient (Wildman–Crippen LogP) is 2.58. The fourth-order valence-corrected chi connectivity index (χ4v) is 1.67. The Morgan fingerprint density at radius 1 is 1.80 bits per heavy atom. The Kier molecular flexibility index (Phi) is 3.14. The molecule has 0 saturated heterocycles. The highest BCUT2D eigenvalue weighted by Crippen LogP contribution is 2.20. The third kappa shape index (κ3) is 1.69. The molecule has 1 rings (SSSR count). The topological polar surface area (TPSA) is 24.7 Å². The van der Waals surface area contributed by atoms with Gasteiger partial charge in [-0.1, -0.05) is 24.4 Å². The van der Waals surface area contributed by atoms with Gasteiger partial charge in [0.25, 0.3) is 0 Å². The second-order valence-corrected chi connectivity index (χ2v) is 2.85. The molecule has 0 aromatic rings. The summed E-state index contributed by atoms with van der Waals surface area (Å²) >= 11 is 3.48. The van der Waals surface area contributed by atoms with Crippen molar-refractivity contribution in [2.24, 2.45) is 8.20 Å². The van der Waals surface area contributed by atoms with Gasteiger partial charge in [-0.2, -0.15) is 0 Å². The van der Waals surface area contributed by atoms with E-state index in [1.807, 2.05) is 28.9 Å². The maximum absolute atomic E-state index is 4.07. The van der Waals surface area contributed by atoms with E-state index in [4.69, 9.17) is 0 Å². The Bertz CT molecular complexity index is 230. The first-order valence-electron chi connectivity index (χ1n) is 2.59. The molecule has 1 aliphatic heterocycles. The molecule has 0 bridgehead atoms. The van der Waals surface area contributed by atoms with Crippen LogP contribution in [0.5, 0.6) is 0 Å². The summed E-state index contributed by atoms with van der Waals surface area (Å²) in [4.78, 5) is 4.07. The van der Waals surface area contributed by atoms with Crippen molar-refractivity contribution in [3.8, 4) is 0 Å². The number of nitrogens with zero attached hydrogens (tertiary/aromatic N) is 2. The van der Waals surface area contributed by atoms with Crippen LogP contribution in [0.25, 0.3) is 0 Å².